The van der Waals surface area contributed by atoms with Gasteiger partial charge in [0.05, 0.1) is 0 Å². The molecule has 0 fully saturated rings. The molecule has 45 heteroatoms. The van der Waals surface area contributed by atoms with Crippen LogP contribution in [0.2, 0.25) is 0 Å². The van der Waals surface area contributed by atoms with Crippen molar-refractivity contribution in [2.75, 3.05) is 0 Å². The van der Waals surface area contributed by atoms with Crippen LogP contribution >= 0.6 is 0 Å². The summed E-state index contributed by atoms with van der Waals surface area (Å²) in [6.07, 6.45) is 0. The summed E-state index contributed by atoms with van der Waals surface area (Å²) >= 11 is 0. The first-order valence-corrected chi connectivity index (χ1v) is 12.2. The predicted molar refractivity (Wildman–Crippen MR) is 145 cm³/mol. The average Bonchev–Trinajstić information content (AvgIpc) is 3.73. The molecule has 0 unspecified atom stereocenters. The Balaban J connectivity index is -0.0000000231. The number of fused-ring (bicyclic) bond motifs is 20. The maximum absolute atomic E-state index is 4.82. The van der Waals surface area contributed by atoms with Gasteiger partial charge in [0.1, 0.15) is 0 Å². The Bertz CT molecular complexity index is 2110. The molecule has 303 valence electrons. The van der Waals surface area contributed by atoms with Crippen LogP contribution in [0.4, 0.5) is 0 Å². The molecule has 3 aromatic heterocycles. The van der Waals surface area contributed by atoms with Gasteiger partial charge in [-0.05, 0) is 0 Å². The summed E-state index contributed by atoms with van der Waals surface area (Å²) < 4.78 is 0. The van der Waals surface area contributed by atoms with Gasteiger partial charge in [-0.15, -0.1) is 22.6 Å². The summed E-state index contributed by atoms with van der Waals surface area (Å²) in [6.45, 7) is 0. The van der Waals surface area contributed by atoms with E-state index in [2.05, 4.69) is 48.5 Å². The van der Waals surface area contributed by atoms with Crippen LogP contribution in [0.1, 0.15) is 0 Å². The van der Waals surface area contributed by atoms with Gasteiger partial charge in [-0.3, -0.25) is 0 Å². The molecule has 5 heterocycles. The minimum absolute atomic E-state index is 0. The zero-order valence-corrected chi connectivity index (χ0v) is 144. The van der Waals surface area contributed by atoms with Crippen molar-refractivity contribution in [1.29, 1.82) is 0 Å². The van der Waals surface area contributed by atoms with Crippen molar-refractivity contribution in [3.8, 4) is 45.6 Å². The van der Waals surface area contributed by atoms with Crippen LogP contribution in [0, 0.1) is 48.5 Å². The topological polar surface area (TPSA) is 106 Å². The van der Waals surface area contributed by atoms with Gasteiger partial charge in [0, 0.05) is 1180 Å². The van der Waals surface area contributed by atoms with Gasteiger partial charge in [-0.1, -0.05) is 23.3 Å². The molecule has 4 aromatic carbocycles. The molecular formula is C32H8CuN8Y36-8. The molecule has 9 rings (SSSR count). The largest absolute Gasteiger partial charge is 2.00 e. The van der Waals surface area contributed by atoms with Gasteiger partial charge < -0.3 is 39.9 Å². The van der Waals surface area contributed by atoms with Crippen molar-refractivity contribution in [2.45, 2.75) is 0 Å². The monoisotopic (exact) mass is 3770 g/mol. The first-order chi connectivity index (χ1) is 19.8. The Morgan fingerprint density at radius 3 is 0.468 bits per heavy atom. The van der Waals surface area contributed by atoms with Gasteiger partial charge in [0.2, 0.25) is 0 Å². The van der Waals surface area contributed by atoms with E-state index >= 15 is 0 Å². The quantitative estimate of drug-likeness (QED) is 0.163. The zero-order valence-electron chi connectivity index (χ0n) is 41.3. The van der Waals surface area contributed by atoms with E-state index in [1.165, 1.54) is 0 Å². The number of nitrogens with zero attached hydrogens (tertiary/aromatic N) is 8. The van der Waals surface area contributed by atoms with E-state index in [1.54, 1.807) is 48.5 Å². The summed E-state index contributed by atoms with van der Waals surface area (Å²) in [5.74, 6) is 1.61. The van der Waals surface area contributed by atoms with E-state index in [0.29, 0.717) is 89.7 Å². The molecule has 7 aromatic rings. The predicted octanol–water partition coefficient (Wildman–Crippen LogP) is 4.44. The van der Waals surface area contributed by atoms with Crippen LogP contribution < -0.4 is 9.97 Å². The fourth-order valence-corrected chi connectivity index (χ4v) is 4.89. The second kappa shape index (κ2) is 117. The summed E-state index contributed by atoms with van der Waals surface area (Å²) in [4.78, 5) is 38.3. The van der Waals surface area contributed by atoms with Crippen molar-refractivity contribution >= 4 is 44.1 Å². The molecule has 0 amide bonds. The molecule has 37 radical (unpaired) electrons. The second-order valence-corrected chi connectivity index (χ2v) is 8.97. The van der Waals surface area contributed by atoms with Gasteiger partial charge >= 0.3 is 17.1 Å². The summed E-state index contributed by atoms with van der Waals surface area (Å²) in [5.41, 5.74) is 4.25. The van der Waals surface area contributed by atoms with Crippen LogP contribution in [0.25, 0.3) is 89.7 Å². The smallest absolute Gasteiger partial charge is 0.476 e. The molecule has 8 nitrogen and oxygen atoms in total. The number of hydrogen-bond acceptors (Lipinski definition) is 6. The van der Waals surface area contributed by atoms with Crippen molar-refractivity contribution in [1.82, 2.24) is 39.9 Å². The summed E-state index contributed by atoms with van der Waals surface area (Å²) in [6, 6.07) is 39.9. The third-order valence-electron chi connectivity index (χ3n) is 6.64. The van der Waals surface area contributed by atoms with Crippen LogP contribution in [0.3, 0.4) is 0 Å². The van der Waals surface area contributed by atoms with E-state index in [-0.39, 0.29) is 1190 Å². The number of aromatic nitrogens is 8. The molecule has 0 N–H and O–H groups in total. The Kier molecular flexibility index (Phi) is 303. The molecule has 2 aliphatic heterocycles. The van der Waals surface area contributed by atoms with Crippen molar-refractivity contribution in [3.63, 3.8) is 0 Å². The minimum atomic E-state index is 0. The molecule has 0 aliphatic carbocycles. The standard InChI is InChI=1S/C32H8N8.Cu.36Y/c1-2-10-18-17(9-1)25-33-26(18)38-28-21-13-5-6-14-22(21)30(35-28)40-32-24-16-8-7-15-23(24)31(36-32)39-29-20-12-4-3-11-19(20)27(34-29)37-25;;;;;;;;;;;;;;;;;;;;;;;;;;;;;;;;;;;;;/h1-8H;;;;;;;;;;;;;;;;;;;;;;;;;;;;;;;;;;;;;/q-10;+2;;;;;;;;;;;;;;;;;;;;;;;;;;;;;;;;;;;;. The van der Waals surface area contributed by atoms with Crippen molar-refractivity contribution in [3.05, 3.63) is 97.1 Å². The second-order valence-electron chi connectivity index (χ2n) is 8.97. The number of rotatable bonds is 0. The molecular weight excluding hydrogens is 3760 g/mol. The number of hydrogen-bond donors (Lipinski definition) is 0. The van der Waals surface area contributed by atoms with E-state index in [0.717, 1.165) is 0 Å². The molecule has 0 atom stereocenters. The molecule has 8 bridgehead atoms. The Hall–Kier alpha value is 34.5. The van der Waals surface area contributed by atoms with Crippen LogP contribution in [-0.4, -0.2) is 29.9 Å². The van der Waals surface area contributed by atoms with Gasteiger partial charge in [0.15, 0.2) is 0 Å². The first-order valence-electron chi connectivity index (χ1n) is 12.2. The molecule has 0 spiro atoms. The van der Waals surface area contributed by atoms with Gasteiger partial charge in [-0.2, -0.15) is 0 Å². The van der Waals surface area contributed by atoms with E-state index in [4.69, 9.17) is 39.9 Å². The third-order valence-corrected chi connectivity index (χ3v) is 6.64. The van der Waals surface area contributed by atoms with Crippen molar-refractivity contribution in [2.24, 2.45) is 0 Å². The maximum atomic E-state index is 4.82. The fourth-order valence-electron chi connectivity index (χ4n) is 4.89. The first kappa shape index (κ1) is 200. The van der Waals surface area contributed by atoms with E-state index < -0.39 is 0 Å². The number of benzene rings is 4. The van der Waals surface area contributed by atoms with E-state index in [1.807, 2.05) is 0 Å². The molecule has 2 aliphatic rings. The Morgan fingerprint density at radius 1 is 0.195 bits per heavy atom. The minimum Gasteiger partial charge on any atom is -0.476 e. The maximum Gasteiger partial charge on any atom is 2.00 e. The van der Waals surface area contributed by atoms with Gasteiger partial charge in [-0.25, -0.2) is 141 Å². The zero-order chi connectivity index (χ0) is 26.2. The third kappa shape index (κ3) is 64.1. The molecule has 0 saturated heterocycles. The summed E-state index contributed by atoms with van der Waals surface area (Å²) in [7, 11) is 0. The molecule has 0 saturated carbocycles. The van der Waals surface area contributed by atoms with Crippen molar-refractivity contribution < 1.29 is 1190 Å². The van der Waals surface area contributed by atoms with Crippen LogP contribution in [-0.2, 0) is 1190 Å². The van der Waals surface area contributed by atoms with E-state index in [9.17, 15) is 0 Å². The fraction of sp³-hybridized carbons (Fsp3) is 0. The van der Waals surface area contributed by atoms with Crippen LogP contribution in [0.15, 0.2) is 48.5 Å². The van der Waals surface area contributed by atoms with Crippen LogP contribution in [0.5, 0.6) is 0 Å². The van der Waals surface area contributed by atoms with Gasteiger partial charge in [0.25, 0.3) is 0 Å². The average molecular weight is 3770 g/mol. The Labute approximate surface area is 1370 Å². The normalized spacial score (nSPS) is 6.23. The Morgan fingerprint density at radius 2 is 0.325 bits per heavy atom. The summed E-state index contributed by atoms with van der Waals surface area (Å²) in [5, 5.41) is 2.65. The SMILES string of the molecule is [Cu+2].[Y].[Y].[Y].[Y].[Y].[Y].[Y].[Y].[Y].[Y].[Y].[Y].[Y].[Y].[Y].[Y].[Y].[Y].[Y].[Y].[Y].[Y].[Y].[Y].[Y].[Y].[Y].[Y].[Y].[Y].[Y].[Y].[Y].[Y].[Y].[Y].[c-]1cc[c-]c2c1-c1nc-2nc2[n-]c(nc3nc(nc4[n-]c(n1)c1[c-]cc[c-]c41)-c1[c-]cc[c-]c1-3)c1[c-]cc[c-]c21. The molecule has 77 heavy (non-hydrogen) atoms.